The molecule has 0 atom stereocenters. The summed E-state index contributed by atoms with van der Waals surface area (Å²) in [4.78, 5) is 25.4. The molecule has 54 heavy (non-hydrogen) atoms. The van der Waals surface area contributed by atoms with Gasteiger partial charge in [0.2, 0.25) is 11.8 Å². The SMILES string of the molecule is O=C(Cn1cc(CCn2cc(CCc3ccccc3)nn2)nn1)Nc1ccc(NC(=O)Cn2cc(CCn3cc(CCc4ccccc4)nn3)nn2)cc1. The lowest BCUT2D eigenvalue weighted by Crippen LogP contribution is -2.20. The molecule has 0 spiro atoms. The number of rotatable bonds is 18. The average molecular weight is 725 g/mol. The molecule has 0 aliphatic rings. The lowest BCUT2D eigenvalue weighted by atomic mass is 10.1. The van der Waals surface area contributed by atoms with Crippen LogP contribution in [0.15, 0.2) is 110 Å². The minimum atomic E-state index is -0.253. The molecule has 0 saturated carbocycles. The molecular weight excluding hydrogens is 685 g/mol. The Balaban J connectivity index is 0.792. The zero-order valence-corrected chi connectivity index (χ0v) is 29.6. The van der Waals surface area contributed by atoms with E-state index in [9.17, 15) is 9.59 Å². The van der Waals surface area contributed by atoms with Crippen LogP contribution in [0.2, 0.25) is 0 Å². The summed E-state index contributed by atoms with van der Waals surface area (Å²) in [5.74, 6) is -0.506. The molecule has 2 N–H and O–H groups in total. The molecule has 7 aromatic rings. The Hall–Kier alpha value is -6.84. The molecular formula is C38H40N14O2. The van der Waals surface area contributed by atoms with Crippen LogP contribution in [-0.2, 0) is 74.3 Å². The van der Waals surface area contributed by atoms with E-state index in [0.717, 1.165) is 48.5 Å². The van der Waals surface area contributed by atoms with Crippen LogP contribution in [0.4, 0.5) is 11.4 Å². The molecule has 7 rings (SSSR count). The number of carbonyl (C=O) groups excluding carboxylic acids is 2. The average Bonchev–Trinajstić information content (AvgIpc) is 4.02. The first-order valence-corrected chi connectivity index (χ1v) is 17.8. The lowest BCUT2D eigenvalue weighted by Gasteiger charge is -2.08. The minimum absolute atomic E-state index is 0.00691. The summed E-state index contributed by atoms with van der Waals surface area (Å²) < 4.78 is 6.60. The number of hydrogen-bond donors (Lipinski definition) is 2. The Labute approximate surface area is 311 Å². The van der Waals surface area contributed by atoms with E-state index in [1.54, 1.807) is 46.0 Å². The van der Waals surface area contributed by atoms with Crippen molar-refractivity contribution in [3.63, 3.8) is 0 Å². The molecule has 0 saturated heterocycles. The highest BCUT2D eigenvalue weighted by atomic mass is 16.2. The smallest absolute Gasteiger partial charge is 0.246 e. The van der Waals surface area contributed by atoms with Gasteiger partial charge in [0.1, 0.15) is 13.1 Å². The summed E-state index contributed by atoms with van der Waals surface area (Å²) in [6, 6.07) is 27.5. The van der Waals surface area contributed by atoms with Crippen molar-refractivity contribution in [1.82, 2.24) is 60.0 Å². The van der Waals surface area contributed by atoms with E-state index in [2.05, 4.69) is 76.1 Å². The van der Waals surface area contributed by atoms with Crippen LogP contribution < -0.4 is 10.6 Å². The molecule has 16 heteroatoms. The van der Waals surface area contributed by atoms with Crippen LogP contribution in [0.3, 0.4) is 0 Å². The molecule has 0 bridgehead atoms. The number of anilines is 2. The Morgan fingerprint density at radius 3 is 1.19 bits per heavy atom. The topological polar surface area (TPSA) is 181 Å². The Morgan fingerprint density at radius 2 is 0.778 bits per heavy atom. The zero-order chi connectivity index (χ0) is 37.0. The maximum absolute atomic E-state index is 12.7. The summed E-state index contributed by atoms with van der Waals surface area (Å²) in [6.07, 6.45) is 12.1. The van der Waals surface area contributed by atoms with Crippen LogP contribution in [0.25, 0.3) is 0 Å². The first-order chi connectivity index (χ1) is 26.5. The second-order valence-corrected chi connectivity index (χ2v) is 12.9. The Kier molecular flexibility index (Phi) is 11.6. The molecule has 2 amide bonds. The fraction of sp³-hybridized carbons (Fsp3) is 0.263. The molecule has 4 heterocycles. The highest BCUT2D eigenvalue weighted by Crippen LogP contribution is 2.14. The van der Waals surface area contributed by atoms with Gasteiger partial charge in [-0.25, -0.2) is 9.36 Å². The van der Waals surface area contributed by atoms with E-state index in [1.165, 1.54) is 20.5 Å². The maximum atomic E-state index is 12.7. The van der Waals surface area contributed by atoms with Gasteiger partial charge in [-0.3, -0.25) is 19.0 Å². The van der Waals surface area contributed by atoms with E-state index in [1.807, 2.05) is 48.8 Å². The van der Waals surface area contributed by atoms with Crippen molar-refractivity contribution in [2.75, 3.05) is 10.6 Å². The van der Waals surface area contributed by atoms with Crippen molar-refractivity contribution in [2.45, 2.75) is 64.7 Å². The molecule has 3 aromatic carbocycles. The normalized spacial score (nSPS) is 11.1. The van der Waals surface area contributed by atoms with Crippen molar-refractivity contribution in [3.8, 4) is 0 Å². The standard InChI is InChI=1S/C38H40N14O2/c53-37(27-51-25-35(43-47-51)19-21-49-23-33(41-45-49)13-11-29-7-3-1-4-8-29)39-31-15-17-32(18-16-31)40-38(54)28-52-26-36(44-48-52)20-22-50-24-34(42-46-50)14-12-30-9-5-2-6-10-30/h1-10,15-18,23-26H,11-14,19-22,27-28H2,(H,39,53)(H,40,54). The fourth-order valence-electron chi connectivity index (χ4n) is 5.81. The second-order valence-electron chi connectivity index (χ2n) is 12.9. The molecule has 16 nitrogen and oxygen atoms in total. The third-order valence-corrected chi connectivity index (χ3v) is 8.63. The molecule has 0 radical (unpaired) electrons. The second kappa shape index (κ2) is 17.6. The third-order valence-electron chi connectivity index (χ3n) is 8.63. The highest BCUT2D eigenvalue weighted by molar-refractivity contribution is 5.92. The van der Waals surface area contributed by atoms with E-state index in [0.29, 0.717) is 37.3 Å². The van der Waals surface area contributed by atoms with Gasteiger partial charge in [-0.05, 0) is 61.1 Å². The Bertz CT molecular complexity index is 2080. The number of amides is 2. The van der Waals surface area contributed by atoms with Gasteiger partial charge in [0.05, 0.1) is 22.8 Å². The van der Waals surface area contributed by atoms with Gasteiger partial charge in [-0.15, -0.1) is 20.4 Å². The van der Waals surface area contributed by atoms with Crippen LogP contribution in [-0.4, -0.2) is 71.8 Å². The van der Waals surface area contributed by atoms with Crippen molar-refractivity contribution < 1.29 is 9.59 Å². The zero-order valence-electron chi connectivity index (χ0n) is 29.6. The number of aromatic nitrogens is 12. The first kappa shape index (κ1) is 35.6. The van der Waals surface area contributed by atoms with Crippen LogP contribution in [0.1, 0.15) is 33.9 Å². The van der Waals surface area contributed by atoms with Crippen molar-refractivity contribution >= 4 is 23.2 Å². The summed E-state index contributed by atoms with van der Waals surface area (Å²) in [5.41, 5.74) is 7.09. The van der Waals surface area contributed by atoms with E-state index in [4.69, 9.17) is 0 Å². The number of nitrogens with one attached hydrogen (secondary N) is 2. The van der Waals surface area contributed by atoms with Crippen molar-refractivity contribution in [2.24, 2.45) is 0 Å². The molecule has 0 fully saturated rings. The summed E-state index contributed by atoms with van der Waals surface area (Å²) in [6.45, 7) is 1.22. The number of benzene rings is 3. The lowest BCUT2D eigenvalue weighted by molar-refractivity contribution is -0.117. The molecule has 0 unspecified atom stereocenters. The quantitative estimate of drug-likeness (QED) is 0.133. The minimum Gasteiger partial charge on any atom is -0.324 e. The summed E-state index contributed by atoms with van der Waals surface area (Å²) in [5, 5.41) is 39.3. The maximum Gasteiger partial charge on any atom is 0.246 e. The van der Waals surface area contributed by atoms with Crippen LogP contribution in [0.5, 0.6) is 0 Å². The first-order valence-electron chi connectivity index (χ1n) is 17.8. The summed E-state index contributed by atoms with van der Waals surface area (Å²) in [7, 11) is 0. The van der Waals surface area contributed by atoms with E-state index < -0.39 is 0 Å². The molecule has 0 aliphatic carbocycles. The monoisotopic (exact) mass is 724 g/mol. The van der Waals surface area contributed by atoms with E-state index in [-0.39, 0.29) is 24.9 Å². The van der Waals surface area contributed by atoms with E-state index >= 15 is 0 Å². The summed E-state index contributed by atoms with van der Waals surface area (Å²) >= 11 is 0. The molecule has 274 valence electrons. The molecule has 0 aliphatic heterocycles. The predicted octanol–water partition coefficient (Wildman–Crippen LogP) is 3.39. The number of aryl methyl sites for hydroxylation is 8. The fourth-order valence-corrected chi connectivity index (χ4v) is 5.81. The Morgan fingerprint density at radius 1 is 0.426 bits per heavy atom. The van der Waals surface area contributed by atoms with Gasteiger partial charge in [-0.1, -0.05) is 81.5 Å². The number of carbonyl (C=O) groups is 2. The van der Waals surface area contributed by atoms with Crippen molar-refractivity contribution in [3.05, 3.63) is 144 Å². The van der Waals surface area contributed by atoms with Gasteiger partial charge in [0.15, 0.2) is 0 Å². The van der Waals surface area contributed by atoms with Gasteiger partial charge >= 0.3 is 0 Å². The van der Waals surface area contributed by atoms with Crippen LogP contribution in [0, 0.1) is 0 Å². The number of nitrogens with zero attached hydrogens (tertiary/aromatic N) is 12. The van der Waals surface area contributed by atoms with Gasteiger partial charge in [0, 0.05) is 62.1 Å². The predicted molar refractivity (Wildman–Crippen MR) is 199 cm³/mol. The van der Waals surface area contributed by atoms with Crippen LogP contribution >= 0.6 is 0 Å². The third kappa shape index (κ3) is 10.6. The largest absolute Gasteiger partial charge is 0.324 e. The van der Waals surface area contributed by atoms with Gasteiger partial charge in [-0.2, -0.15) is 0 Å². The van der Waals surface area contributed by atoms with Crippen molar-refractivity contribution in [1.29, 1.82) is 0 Å². The van der Waals surface area contributed by atoms with Gasteiger partial charge < -0.3 is 10.6 Å². The molecule has 4 aromatic heterocycles. The highest BCUT2D eigenvalue weighted by Gasteiger charge is 2.11. The number of hydrogen-bond acceptors (Lipinski definition) is 10. The van der Waals surface area contributed by atoms with Gasteiger partial charge in [0.25, 0.3) is 0 Å².